The third kappa shape index (κ3) is 12.6. The summed E-state index contributed by atoms with van der Waals surface area (Å²) in [6.45, 7) is 0.902. The quantitative estimate of drug-likeness (QED) is 0.0175. The van der Waals surface area contributed by atoms with Gasteiger partial charge >= 0.3 is 0 Å². The van der Waals surface area contributed by atoms with Crippen molar-refractivity contribution < 1.29 is 84.3 Å². The first-order valence-corrected chi connectivity index (χ1v) is 16.6. The number of nitrogens with zero attached hydrogens (tertiary/aromatic N) is 1. The molecule has 20 heteroatoms. The van der Waals surface area contributed by atoms with E-state index in [2.05, 4.69) is 5.32 Å². The molecule has 0 radical (unpaired) electrons. The lowest BCUT2D eigenvalue weighted by Gasteiger charge is -2.44. The molecule has 0 aromatic heterocycles. The molecule has 15 atom stereocenters. The number of rotatable bonds is 22. The lowest BCUT2D eigenvalue weighted by atomic mass is 9.99. The Hall–Kier alpha value is -1.96. The van der Waals surface area contributed by atoms with Crippen LogP contribution in [0.3, 0.4) is 0 Å². The maximum atomic E-state index is 11.0. The fourth-order valence-electron chi connectivity index (χ4n) is 5.34. The number of aliphatic hydroxyl groups is 9. The molecule has 10 N–H and O–H groups in total. The van der Waals surface area contributed by atoms with Crippen LogP contribution in [0.5, 0.6) is 0 Å². The van der Waals surface area contributed by atoms with Crippen LogP contribution >= 0.6 is 0 Å². The van der Waals surface area contributed by atoms with E-state index < -0.39 is 110 Å². The third-order valence-electron chi connectivity index (χ3n) is 8.48. The molecule has 3 aliphatic rings. The Bertz CT molecular complexity index is 1060. The number of hydrogen-bond donors (Lipinski definition) is 10. The van der Waals surface area contributed by atoms with E-state index in [9.17, 15) is 56.1 Å². The fraction of sp³-hybridized carbons (Fsp3) is 0.867. The van der Waals surface area contributed by atoms with Crippen molar-refractivity contribution in [3.63, 3.8) is 0 Å². The van der Waals surface area contributed by atoms with Crippen LogP contribution in [0, 0.1) is 10.1 Å². The first kappa shape index (κ1) is 42.5. The molecule has 2 fully saturated rings. The van der Waals surface area contributed by atoms with E-state index in [1.807, 2.05) is 0 Å². The molecule has 0 aromatic rings. The Labute approximate surface area is 288 Å². The van der Waals surface area contributed by atoms with Crippen LogP contribution in [0.4, 0.5) is 0 Å². The number of unbranched alkanes of at least 4 members (excludes halogenated alkanes) is 1. The van der Waals surface area contributed by atoms with Gasteiger partial charge in [0.2, 0.25) is 6.04 Å². The number of allylic oxidation sites excluding steroid dienone is 1. The second-order valence-corrected chi connectivity index (χ2v) is 12.4. The summed E-state index contributed by atoms with van der Waals surface area (Å²) in [6.07, 6.45) is -12.5. The number of nitro groups is 1. The molecule has 50 heavy (non-hydrogen) atoms. The summed E-state index contributed by atoms with van der Waals surface area (Å²) in [6, 6.07) is -0.825. The van der Waals surface area contributed by atoms with Crippen LogP contribution in [0.15, 0.2) is 24.0 Å². The molecule has 2 aliphatic heterocycles. The summed E-state index contributed by atoms with van der Waals surface area (Å²) in [4.78, 5) is 21.0. The highest BCUT2D eigenvalue weighted by molar-refractivity contribution is 5.19. The maximum absolute atomic E-state index is 11.0. The first-order chi connectivity index (χ1) is 23.7. The minimum atomic E-state index is -1.81. The second-order valence-electron chi connectivity index (χ2n) is 12.4. The van der Waals surface area contributed by atoms with E-state index >= 15 is 0 Å². The van der Waals surface area contributed by atoms with Gasteiger partial charge in [0.15, 0.2) is 25.0 Å². The monoisotopic (exact) mass is 728 g/mol. The van der Waals surface area contributed by atoms with Gasteiger partial charge in [0, 0.05) is 24.2 Å². The van der Waals surface area contributed by atoms with Gasteiger partial charge in [0.25, 0.3) is 0 Å². The highest BCUT2D eigenvalue weighted by Gasteiger charge is 2.51. The fourth-order valence-corrected chi connectivity index (χ4v) is 5.34. The smallest absolute Gasteiger partial charge is 0.235 e. The Kier molecular flexibility index (Phi) is 17.8. The van der Waals surface area contributed by atoms with Crippen molar-refractivity contribution in [2.45, 2.75) is 145 Å². The standard InChI is InChI=1S/C30H52N2O18/c1-15(35)25(39)26(40)21(13-34)49-50-28-27(41)20(12-33)47-30(29(28)48-24-11-19(36)16(2)45-24)44-14-31-22(37)5-3-4-6-23(38)46-18-9-7-17(8-10-18)32(42)43/h7,9-10,15-17,19-31,33-41H,3-6,8,11-14H2,1-2H3/t15-,16?,17?,19+,20?,21?,22?,23?,24+,25?,26+,27+,28?,29?,30-/m1/s1. The number of ether oxygens (including phenoxy) is 5. The van der Waals surface area contributed by atoms with Crippen molar-refractivity contribution in [1.82, 2.24) is 5.32 Å². The van der Waals surface area contributed by atoms with Crippen LogP contribution in [-0.2, 0) is 33.5 Å². The number of nitrogens with one attached hydrogen (secondary N) is 1. The van der Waals surface area contributed by atoms with Gasteiger partial charge in [-0.05, 0) is 51.3 Å². The minimum absolute atomic E-state index is 0.0309. The van der Waals surface area contributed by atoms with E-state index in [-0.39, 0.29) is 32.4 Å². The van der Waals surface area contributed by atoms with Gasteiger partial charge in [-0.15, -0.1) is 0 Å². The molecule has 290 valence electrons. The Balaban J connectivity index is 1.54. The zero-order valence-electron chi connectivity index (χ0n) is 27.9. The summed E-state index contributed by atoms with van der Waals surface area (Å²) in [5.41, 5.74) is 0. The lowest BCUT2D eigenvalue weighted by molar-refractivity contribution is -0.508. The SMILES string of the molecule is CC1O[C@@H](OC2C(OOC(CO)[C@H](O)C(O)[C@@H](C)O)[C@@H](O)C(CO)O[C@H]2OCNC(O)CCCCC(O)OC2=CCC([N+](=O)[O-])C=C2)C[C@@H]1O. The molecule has 9 unspecified atom stereocenters. The molecule has 0 bridgehead atoms. The van der Waals surface area contributed by atoms with Crippen LogP contribution in [0.2, 0.25) is 0 Å². The molecule has 1 aliphatic carbocycles. The molecule has 2 saturated heterocycles. The van der Waals surface area contributed by atoms with E-state index in [0.29, 0.717) is 18.6 Å². The van der Waals surface area contributed by atoms with Gasteiger partial charge in [0.05, 0.1) is 31.5 Å². The molecule has 0 spiro atoms. The predicted octanol–water partition coefficient (Wildman–Crippen LogP) is -3.01. The van der Waals surface area contributed by atoms with Crippen molar-refractivity contribution in [1.29, 1.82) is 0 Å². The highest BCUT2D eigenvalue weighted by Crippen LogP contribution is 2.31. The Morgan fingerprint density at radius 2 is 1.78 bits per heavy atom. The van der Waals surface area contributed by atoms with Gasteiger partial charge in [-0.2, -0.15) is 0 Å². The van der Waals surface area contributed by atoms with Crippen molar-refractivity contribution in [3.05, 3.63) is 34.1 Å². The van der Waals surface area contributed by atoms with Gasteiger partial charge in [-0.1, -0.05) is 0 Å². The van der Waals surface area contributed by atoms with Crippen molar-refractivity contribution in [3.8, 4) is 0 Å². The van der Waals surface area contributed by atoms with E-state index in [0.717, 1.165) is 0 Å². The molecule has 0 aromatic carbocycles. The Morgan fingerprint density at radius 1 is 1.06 bits per heavy atom. The largest absolute Gasteiger partial charge is 0.466 e. The average molecular weight is 729 g/mol. The average Bonchev–Trinajstić information content (AvgIpc) is 3.40. The predicted molar refractivity (Wildman–Crippen MR) is 165 cm³/mol. The normalized spacial score (nSPS) is 33.7. The van der Waals surface area contributed by atoms with Gasteiger partial charge in [0.1, 0.15) is 55.3 Å². The van der Waals surface area contributed by atoms with Crippen LogP contribution in [0.1, 0.15) is 52.4 Å². The van der Waals surface area contributed by atoms with Crippen molar-refractivity contribution in [2.75, 3.05) is 19.9 Å². The third-order valence-corrected chi connectivity index (χ3v) is 8.48. The van der Waals surface area contributed by atoms with Gasteiger partial charge < -0.3 is 69.6 Å². The topological polar surface area (TPSA) is 302 Å². The van der Waals surface area contributed by atoms with Crippen LogP contribution in [0.25, 0.3) is 0 Å². The van der Waals surface area contributed by atoms with Crippen molar-refractivity contribution in [2.24, 2.45) is 0 Å². The van der Waals surface area contributed by atoms with E-state index in [1.54, 1.807) is 6.92 Å². The number of aliphatic hydroxyl groups excluding tert-OH is 9. The second kappa shape index (κ2) is 20.9. The molecule has 3 rings (SSSR count). The highest BCUT2D eigenvalue weighted by atomic mass is 17.2. The molecule has 0 amide bonds. The van der Waals surface area contributed by atoms with Gasteiger partial charge in [-0.3, -0.25) is 15.4 Å². The maximum Gasteiger partial charge on any atom is 0.235 e. The zero-order chi connectivity index (χ0) is 37.0. The van der Waals surface area contributed by atoms with E-state index in [4.69, 9.17) is 33.5 Å². The van der Waals surface area contributed by atoms with Crippen molar-refractivity contribution >= 4 is 0 Å². The summed E-state index contributed by atoms with van der Waals surface area (Å²) in [5.74, 6) is 0.336. The van der Waals surface area contributed by atoms with Gasteiger partial charge in [-0.25, -0.2) is 9.78 Å². The molecule has 0 saturated carbocycles. The summed E-state index contributed by atoms with van der Waals surface area (Å²) in [7, 11) is 0. The molecular weight excluding hydrogens is 676 g/mol. The summed E-state index contributed by atoms with van der Waals surface area (Å²) < 4.78 is 28.4. The van der Waals surface area contributed by atoms with Crippen LogP contribution in [-0.4, -0.2) is 163 Å². The molecule has 20 nitrogen and oxygen atoms in total. The van der Waals surface area contributed by atoms with E-state index in [1.165, 1.54) is 25.2 Å². The number of hydrogen-bond acceptors (Lipinski definition) is 19. The molecule has 2 heterocycles. The minimum Gasteiger partial charge on any atom is -0.466 e. The molecular formula is C30H52N2O18. The Morgan fingerprint density at radius 3 is 2.36 bits per heavy atom. The summed E-state index contributed by atoms with van der Waals surface area (Å²) >= 11 is 0. The van der Waals surface area contributed by atoms with Crippen LogP contribution < -0.4 is 5.32 Å². The lowest BCUT2D eigenvalue weighted by Crippen LogP contribution is -2.62. The summed E-state index contributed by atoms with van der Waals surface area (Å²) in [5, 5.41) is 105. The first-order valence-electron chi connectivity index (χ1n) is 16.6. The zero-order valence-corrected chi connectivity index (χ0v) is 27.9.